The second-order valence-electron chi connectivity index (χ2n) is 5.98. The number of rotatable bonds is 6. The van der Waals surface area contributed by atoms with Gasteiger partial charge in [-0.15, -0.1) is 0 Å². The number of benzene rings is 2. The molecule has 1 aliphatic rings. The van der Waals surface area contributed by atoms with Crippen molar-refractivity contribution in [3.8, 4) is 0 Å². The van der Waals surface area contributed by atoms with Gasteiger partial charge in [-0.3, -0.25) is 0 Å². The molecule has 138 valence electrons. The first-order chi connectivity index (χ1) is 13.2. The Labute approximate surface area is 157 Å². The van der Waals surface area contributed by atoms with Crippen LogP contribution in [-0.2, 0) is 23.8 Å². The van der Waals surface area contributed by atoms with Gasteiger partial charge in [0.25, 0.3) is 0 Å². The Balaban J connectivity index is 1.51. The van der Waals surface area contributed by atoms with Crippen LogP contribution in [0.5, 0.6) is 0 Å². The van der Waals surface area contributed by atoms with Gasteiger partial charge in [0, 0.05) is 12.2 Å². The van der Waals surface area contributed by atoms with Crippen molar-refractivity contribution in [2.75, 3.05) is 13.2 Å². The molecule has 0 spiro atoms. The predicted molar refractivity (Wildman–Crippen MR) is 102 cm³/mol. The van der Waals surface area contributed by atoms with Crippen LogP contribution in [0.25, 0.3) is 12.2 Å². The van der Waals surface area contributed by atoms with E-state index in [0.29, 0.717) is 0 Å². The van der Waals surface area contributed by atoms with Crippen LogP contribution in [0.3, 0.4) is 0 Å². The average molecular weight is 364 g/mol. The van der Waals surface area contributed by atoms with Crippen LogP contribution in [0.15, 0.2) is 72.8 Å². The van der Waals surface area contributed by atoms with E-state index in [0.717, 1.165) is 11.1 Å². The Kier molecular flexibility index (Phi) is 6.55. The summed E-state index contributed by atoms with van der Waals surface area (Å²) in [6.45, 7) is 0.399. The Hall–Kier alpha value is -3.18. The van der Waals surface area contributed by atoms with E-state index in [1.807, 2.05) is 60.7 Å². The van der Waals surface area contributed by atoms with Crippen molar-refractivity contribution in [2.45, 2.75) is 12.2 Å². The first-order valence-corrected chi connectivity index (χ1v) is 8.66. The van der Waals surface area contributed by atoms with Crippen LogP contribution >= 0.6 is 0 Å². The van der Waals surface area contributed by atoms with Crippen LogP contribution in [0.1, 0.15) is 11.1 Å². The highest BCUT2D eigenvalue weighted by molar-refractivity contribution is 5.88. The molecule has 5 heteroatoms. The lowest BCUT2D eigenvalue weighted by molar-refractivity contribution is -0.157. The molecule has 2 aromatic carbocycles. The molecule has 27 heavy (non-hydrogen) atoms. The van der Waals surface area contributed by atoms with Crippen molar-refractivity contribution in [2.24, 2.45) is 0 Å². The van der Waals surface area contributed by atoms with E-state index in [1.165, 1.54) is 12.2 Å². The summed E-state index contributed by atoms with van der Waals surface area (Å²) in [5, 5.41) is 0. The smallest absolute Gasteiger partial charge is 0.331 e. The van der Waals surface area contributed by atoms with E-state index in [2.05, 4.69) is 0 Å². The summed E-state index contributed by atoms with van der Waals surface area (Å²) in [5.74, 6) is -1.01. The van der Waals surface area contributed by atoms with Gasteiger partial charge in [0.05, 0.1) is 13.2 Å². The second-order valence-corrected chi connectivity index (χ2v) is 5.98. The molecule has 1 aliphatic heterocycles. The highest BCUT2D eigenvalue weighted by Crippen LogP contribution is 2.15. The lowest BCUT2D eigenvalue weighted by Gasteiger charge is -2.17. The topological polar surface area (TPSA) is 61.8 Å². The lowest BCUT2D eigenvalue weighted by atomic mass is 10.2. The fourth-order valence-electron chi connectivity index (χ4n) is 2.57. The quantitative estimate of drug-likeness (QED) is 0.582. The SMILES string of the molecule is O=C(C=Cc1ccccc1)OC1COCC1OC(=O)/C=C/c1ccccc1. The fraction of sp³-hybridized carbons (Fsp3) is 0.182. The molecule has 1 heterocycles. The molecule has 3 rings (SSSR count). The third kappa shape index (κ3) is 5.94. The summed E-state index contributed by atoms with van der Waals surface area (Å²) >= 11 is 0. The normalized spacial score (nSPS) is 19.4. The van der Waals surface area contributed by atoms with E-state index in [-0.39, 0.29) is 13.2 Å². The monoisotopic (exact) mass is 364 g/mol. The maximum absolute atomic E-state index is 12.0. The second kappa shape index (κ2) is 9.50. The number of carbonyl (C=O) groups is 2. The molecule has 1 fully saturated rings. The van der Waals surface area contributed by atoms with Crippen LogP contribution in [0, 0.1) is 0 Å². The third-order valence-electron chi connectivity index (χ3n) is 3.94. The zero-order valence-corrected chi connectivity index (χ0v) is 14.7. The highest BCUT2D eigenvalue weighted by atomic mass is 16.6. The van der Waals surface area contributed by atoms with Crippen LogP contribution in [0.2, 0.25) is 0 Å². The van der Waals surface area contributed by atoms with Gasteiger partial charge < -0.3 is 14.2 Å². The van der Waals surface area contributed by atoms with E-state index in [1.54, 1.807) is 12.2 Å². The van der Waals surface area contributed by atoms with E-state index >= 15 is 0 Å². The summed E-state index contributed by atoms with van der Waals surface area (Å²) in [4.78, 5) is 24.0. The van der Waals surface area contributed by atoms with E-state index in [4.69, 9.17) is 14.2 Å². The minimum Gasteiger partial charge on any atom is -0.453 e. The van der Waals surface area contributed by atoms with Crippen LogP contribution in [0.4, 0.5) is 0 Å². The Morgan fingerprint density at radius 3 is 1.56 bits per heavy atom. The Morgan fingerprint density at radius 1 is 0.741 bits per heavy atom. The maximum Gasteiger partial charge on any atom is 0.331 e. The molecular formula is C22H20O5. The lowest BCUT2D eigenvalue weighted by Crippen LogP contribution is -2.33. The van der Waals surface area contributed by atoms with Gasteiger partial charge in [-0.25, -0.2) is 9.59 Å². The number of carbonyl (C=O) groups excluding carboxylic acids is 2. The van der Waals surface area contributed by atoms with Crippen LogP contribution in [-0.4, -0.2) is 37.4 Å². The molecule has 0 aliphatic carbocycles. The molecule has 0 radical (unpaired) electrons. The zero-order chi connectivity index (χ0) is 18.9. The molecule has 0 amide bonds. The summed E-state index contributed by atoms with van der Waals surface area (Å²) in [7, 11) is 0. The Morgan fingerprint density at radius 2 is 1.15 bits per heavy atom. The standard InChI is InChI=1S/C22H20O5/c23-21(13-11-17-7-3-1-4-8-17)26-19-15-25-16-20(19)27-22(24)14-12-18-9-5-2-6-10-18/h1-14,19-20H,15-16H2/b13-11+,14-12?. The minimum absolute atomic E-state index is 0.200. The van der Waals surface area contributed by atoms with Gasteiger partial charge in [0.2, 0.25) is 0 Å². The summed E-state index contributed by atoms with van der Waals surface area (Å²) in [6, 6.07) is 18.9. The third-order valence-corrected chi connectivity index (χ3v) is 3.94. The van der Waals surface area contributed by atoms with Crippen molar-refractivity contribution in [3.05, 3.63) is 83.9 Å². The molecule has 1 saturated heterocycles. The first kappa shape index (κ1) is 18.6. The first-order valence-electron chi connectivity index (χ1n) is 8.66. The molecule has 2 aromatic rings. The Bertz CT molecular complexity index is 742. The number of hydrogen-bond acceptors (Lipinski definition) is 5. The molecule has 2 unspecified atom stereocenters. The van der Waals surface area contributed by atoms with Gasteiger partial charge in [-0.05, 0) is 23.3 Å². The van der Waals surface area contributed by atoms with Crippen molar-refractivity contribution in [1.82, 2.24) is 0 Å². The largest absolute Gasteiger partial charge is 0.453 e. The average Bonchev–Trinajstić information content (AvgIpc) is 3.13. The van der Waals surface area contributed by atoms with Gasteiger partial charge in [-0.2, -0.15) is 0 Å². The zero-order valence-electron chi connectivity index (χ0n) is 14.7. The molecule has 0 aromatic heterocycles. The molecule has 2 atom stereocenters. The van der Waals surface area contributed by atoms with Gasteiger partial charge >= 0.3 is 11.9 Å². The minimum atomic E-state index is -0.619. The van der Waals surface area contributed by atoms with Gasteiger partial charge in [0.1, 0.15) is 0 Å². The van der Waals surface area contributed by atoms with Gasteiger partial charge in [0.15, 0.2) is 12.2 Å². The molecule has 0 bridgehead atoms. The molecular weight excluding hydrogens is 344 g/mol. The summed E-state index contributed by atoms with van der Waals surface area (Å²) in [5.41, 5.74) is 1.79. The van der Waals surface area contributed by atoms with Gasteiger partial charge in [-0.1, -0.05) is 60.7 Å². The molecule has 0 N–H and O–H groups in total. The molecule has 5 nitrogen and oxygen atoms in total. The van der Waals surface area contributed by atoms with Crippen molar-refractivity contribution in [1.29, 1.82) is 0 Å². The van der Waals surface area contributed by atoms with E-state index < -0.39 is 24.1 Å². The summed E-state index contributed by atoms with van der Waals surface area (Å²) in [6.07, 6.45) is 4.80. The maximum atomic E-state index is 12.0. The van der Waals surface area contributed by atoms with Crippen molar-refractivity contribution < 1.29 is 23.8 Å². The van der Waals surface area contributed by atoms with E-state index in [9.17, 15) is 9.59 Å². The number of ether oxygens (including phenoxy) is 3. The fourth-order valence-corrected chi connectivity index (χ4v) is 2.57. The highest BCUT2D eigenvalue weighted by Gasteiger charge is 2.33. The number of hydrogen-bond donors (Lipinski definition) is 0. The summed E-state index contributed by atoms with van der Waals surface area (Å²) < 4.78 is 16.0. The van der Waals surface area contributed by atoms with Crippen molar-refractivity contribution in [3.63, 3.8) is 0 Å². The molecule has 0 saturated carbocycles. The van der Waals surface area contributed by atoms with Crippen molar-refractivity contribution >= 4 is 24.1 Å². The van der Waals surface area contributed by atoms with Crippen LogP contribution < -0.4 is 0 Å². The number of esters is 2. The predicted octanol–water partition coefficient (Wildman–Crippen LogP) is 3.27.